The molecule has 2 aromatic carbocycles. The Bertz CT molecular complexity index is 814. The van der Waals surface area contributed by atoms with Crippen LogP contribution in [0.1, 0.15) is 68.2 Å². The second-order valence-corrected chi connectivity index (χ2v) is 7.90. The van der Waals surface area contributed by atoms with E-state index >= 15 is 0 Å². The number of hydrogen-bond donors (Lipinski definition) is 0. The Morgan fingerprint density at radius 1 is 0.963 bits per heavy atom. The molecule has 0 N–H and O–H groups in total. The SMILES string of the molecule is COC1CC(CC(C)c2ccc3c(c2)OCO3)Oc2cc(C(C)C)ccc21. The third-order valence-electron chi connectivity index (χ3n) is 5.69. The molecule has 3 atom stereocenters. The largest absolute Gasteiger partial charge is 0.490 e. The molecule has 0 amide bonds. The molecule has 0 bridgehead atoms. The molecule has 0 aliphatic carbocycles. The maximum Gasteiger partial charge on any atom is 0.231 e. The molecule has 0 radical (unpaired) electrons. The normalized spacial score (nSPS) is 21.7. The Kier molecular flexibility index (Phi) is 5.00. The first-order valence-corrected chi connectivity index (χ1v) is 9.78. The molecule has 3 unspecified atom stereocenters. The van der Waals surface area contributed by atoms with Gasteiger partial charge in [-0.25, -0.2) is 0 Å². The highest BCUT2D eigenvalue weighted by Crippen LogP contribution is 2.41. The minimum Gasteiger partial charge on any atom is -0.490 e. The summed E-state index contributed by atoms with van der Waals surface area (Å²) in [4.78, 5) is 0. The van der Waals surface area contributed by atoms with Gasteiger partial charge in [0.25, 0.3) is 0 Å². The van der Waals surface area contributed by atoms with E-state index in [0.717, 1.165) is 35.7 Å². The van der Waals surface area contributed by atoms with Crippen molar-refractivity contribution in [3.8, 4) is 17.2 Å². The van der Waals surface area contributed by atoms with Crippen molar-refractivity contribution in [2.24, 2.45) is 0 Å². The van der Waals surface area contributed by atoms with Crippen LogP contribution in [0.3, 0.4) is 0 Å². The summed E-state index contributed by atoms with van der Waals surface area (Å²) in [5.41, 5.74) is 3.71. The summed E-state index contributed by atoms with van der Waals surface area (Å²) in [6.45, 7) is 6.96. The van der Waals surface area contributed by atoms with Gasteiger partial charge in [0, 0.05) is 19.1 Å². The predicted molar refractivity (Wildman–Crippen MR) is 105 cm³/mol. The zero-order chi connectivity index (χ0) is 19.0. The number of benzene rings is 2. The zero-order valence-corrected chi connectivity index (χ0v) is 16.5. The molecule has 0 fully saturated rings. The van der Waals surface area contributed by atoms with Crippen molar-refractivity contribution in [2.75, 3.05) is 13.9 Å². The smallest absolute Gasteiger partial charge is 0.231 e. The summed E-state index contributed by atoms with van der Waals surface area (Å²) in [5.74, 6) is 3.48. The van der Waals surface area contributed by atoms with Crippen LogP contribution in [0.2, 0.25) is 0 Å². The van der Waals surface area contributed by atoms with Crippen molar-refractivity contribution in [1.82, 2.24) is 0 Å². The van der Waals surface area contributed by atoms with Gasteiger partial charge in [-0.1, -0.05) is 39.0 Å². The van der Waals surface area contributed by atoms with E-state index in [2.05, 4.69) is 51.1 Å². The molecule has 0 saturated heterocycles. The number of ether oxygens (including phenoxy) is 4. The third-order valence-corrected chi connectivity index (χ3v) is 5.69. The fourth-order valence-electron chi connectivity index (χ4n) is 3.99. The lowest BCUT2D eigenvalue weighted by molar-refractivity contribution is 0.0259. The maximum atomic E-state index is 6.40. The first-order valence-electron chi connectivity index (χ1n) is 9.78. The molecular weight excluding hydrogens is 340 g/mol. The Hall–Kier alpha value is -2.20. The molecule has 2 aliphatic heterocycles. The minimum absolute atomic E-state index is 0.0870. The fourth-order valence-corrected chi connectivity index (χ4v) is 3.99. The molecule has 0 saturated carbocycles. The van der Waals surface area contributed by atoms with Crippen molar-refractivity contribution in [3.05, 3.63) is 53.1 Å². The fraction of sp³-hybridized carbons (Fsp3) is 0.478. The van der Waals surface area contributed by atoms with Crippen LogP contribution in [-0.4, -0.2) is 20.0 Å². The van der Waals surface area contributed by atoms with Gasteiger partial charge in [0.1, 0.15) is 11.9 Å². The Morgan fingerprint density at radius 2 is 1.70 bits per heavy atom. The van der Waals surface area contributed by atoms with E-state index in [4.69, 9.17) is 18.9 Å². The van der Waals surface area contributed by atoms with Gasteiger partial charge in [-0.3, -0.25) is 0 Å². The number of rotatable bonds is 5. The highest BCUT2D eigenvalue weighted by Gasteiger charge is 2.30. The van der Waals surface area contributed by atoms with Gasteiger partial charge in [-0.05, 0) is 47.6 Å². The summed E-state index contributed by atoms with van der Waals surface area (Å²) in [7, 11) is 1.79. The molecule has 4 rings (SSSR count). The topological polar surface area (TPSA) is 36.9 Å². The average Bonchev–Trinajstić information content (AvgIpc) is 3.14. The summed E-state index contributed by atoms with van der Waals surface area (Å²) < 4.78 is 23.1. The molecule has 4 nitrogen and oxygen atoms in total. The van der Waals surface area contributed by atoms with Crippen LogP contribution < -0.4 is 14.2 Å². The van der Waals surface area contributed by atoms with Crippen molar-refractivity contribution in [1.29, 1.82) is 0 Å². The molecule has 0 aromatic heterocycles. The Labute approximate surface area is 161 Å². The summed E-state index contributed by atoms with van der Waals surface area (Å²) in [6.07, 6.45) is 2.03. The highest BCUT2D eigenvalue weighted by atomic mass is 16.7. The lowest BCUT2D eigenvalue weighted by Gasteiger charge is -2.33. The molecular formula is C23H28O4. The predicted octanol–water partition coefficient (Wildman–Crippen LogP) is 5.57. The van der Waals surface area contributed by atoms with Gasteiger partial charge in [0.15, 0.2) is 11.5 Å². The summed E-state index contributed by atoms with van der Waals surface area (Å²) in [6, 6.07) is 12.8. The average molecular weight is 368 g/mol. The van der Waals surface area contributed by atoms with Crippen LogP contribution >= 0.6 is 0 Å². The van der Waals surface area contributed by atoms with E-state index in [1.54, 1.807) is 7.11 Å². The monoisotopic (exact) mass is 368 g/mol. The summed E-state index contributed by atoms with van der Waals surface area (Å²) >= 11 is 0. The number of hydrogen-bond acceptors (Lipinski definition) is 4. The van der Waals surface area contributed by atoms with Gasteiger partial charge >= 0.3 is 0 Å². The first kappa shape index (κ1) is 18.2. The van der Waals surface area contributed by atoms with Crippen molar-refractivity contribution in [2.45, 2.75) is 57.7 Å². The standard InChI is InChI=1S/C23H28O4/c1-14(2)16-5-7-19-21(24-4)12-18(27-22(19)10-16)9-15(3)17-6-8-20-23(11-17)26-13-25-20/h5-8,10-11,14-15,18,21H,9,12-13H2,1-4H3. The molecule has 144 valence electrons. The van der Waals surface area contributed by atoms with Crippen LogP contribution in [0, 0.1) is 0 Å². The van der Waals surface area contributed by atoms with E-state index in [1.165, 1.54) is 11.1 Å². The van der Waals surface area contributed by atoms with Crippen LogP contribution in [-0.2, 0) is 4.74 Å². The van der Waals surface area contributed by atoms with Crippen LogP contribution in [0.25, 0.3) is 0 Å². The van der Waals surface area contributed by atoms with E-state index in [1.807, 2.05) is 6.07 Å². The quantitative estimate of drug-likeness (QED) is 0.691. The molecule has 2 aliphatic rings. The van der Waals surface area contributed by atoms with E-state index in [0.29, 0.717) is 18.6 Å². The van der Waals surface area contributed by atoms with Gasteiger partial charge in [-0.15, -0.1) is 0 Å². The maximum absolute atomic E-state index is 6.40. The molecule has 2 heterocycles. The van der Waals surface area contributed by atoms with Crippen LogP contribution in [0.15, 0.2) is 36.4 Å². The van der Waals surface area contributed by atoms with Crippen LogP contribution in [0.5, 0.6) is 17.2 Å². The van der Waals surface area contributed by atoms with Gasteiger partial charge in [0.2, 0.25) is 6.79 Å². The number of fused-ring (bicyclic) bond motifs is 2. The van der Waals surface area contributed by atoms with Crippen molar-refractivity contribution in [3.63, 3.8) is 0 Å². The third kappa shape index (κ3) is 3.63. The zero-order valence-electron chi connectivity index (χ0n) is 16.5. The van der Waals surface area contributed by atoms with Gasteiger partial charge in [-0.2, -0.15) is 0 Å². The minimum atomic E-state index is 0.0870. The second kappa shape index (κ2) is 7.43. The molecule has 0 spiro atoms. The number of methoxy groups -OCH3 is 1. The summed E-state index contributed by atoms with van der Waals surface area (Å²) in [5, 5.41) is 0. The van der Waals surface area contributed by atoms with E-state index in [9.17, 15) is 0 Å². The molecule has 4 heteroatoms. The lowest BCUT2D eigenvalue weighted by atomic mass is 9.89. The second-order valence-electron chi connectivity index (χ2n) is 7.90. The Morgan fingerprint density at radius 3 is 2.48 bits per heavy atom. The van der Waals surface area contributed by atoms with Crippen LogP contribution in [0.4, 0.5) is 0 Å². The van der Waals surface area contributed by atoms with Crippen molar-refractivity contribution >= 4 is 0 Å². The van der Waals surface area contributed by atoms with E-state index in [-0.39, 0.29) is 12.2 Å². The first-order chi connectivity index (χ1) is 13.0. The van der Waals surface area contributed by atoms with Crippen molar-refractivity contribution < 1.29 is 18.9 Å². The molecule has 27 heavy (non-hydrogen) atoms. The highest BCUT2D eigenvalue weighted by molar-refractivity contribution is 5.45. The van der Waals surface area contributed by atoms with Gasteiger partial charge in [0.05, 0.1) is 6.10 Å². The van der Waals surface area contributed by atoms with Gasteiger partial charge < -0.3 is 18.9 Å². The van der Waals surface area contributed by atoms with E-state index < -0.39 is 0 Å². The molecule has 2 aromatic rings. The lowest BCUT2D eigenvalue weighted by Crippen LogP contribution is -2.28. The Balaban J connectivity index is 1.52.